The molecular formula is C20H18O2. The quantitative estimate of drug-likeness (QED) is 0.811. The summed E-state index contributed by atoms with van der Waals surface area (Å²) < 4.78 is 0. The fraction of sp³-hybridized carbons (Fsp3) is 0.250. The Hall–Kier alpha value is -2.53. The third kappa shape index (κ3) is 2.76. The zero-order valence-electron chi connectivity index (χ0n) is 12.4. The Morgan fingerprint density at radius 1 is 0.955 bits per heavy atom. The lowest BCUT2D eigenvalue weighted by molar-refractivity contribution is -0.124. The molecule has 0 bridgehead atoms. The van der Waals surface area contributed by atoms with E-state index >= 15 is 0 Å². The van der Waals surface area contributed by atoms with E-state index < -0.39 is 5.41 Å². The van der Waals surface area contributed by atoms with Gasteiger partial charge in [-0.2, -0.15) is 0 Å². The number of hydrogen-bond donors (Lipinski definition) is 1. The molecule has 2 aromatic carbocycles. The standard InChI is InChI=1S/C20H18O2/c21-18-11-9-17(10-12-18)20(14-5-4-8-19(20)22)15-13-16-6-2-1-3-7-16/h1-3,6-7,9-12,21H,4-5,8,14H2/t20-/m1/s1. The van der Waals surface area contributed by atoms with Crippen molar-refractivity contribution in [2.45, 2.75) is 31.1 Å². The zero-order valence-corrected chi connectivity index (χ0v) is 12.4. The monoisotopic (exact) mass is 290 g/mol. The van der Waals surface area contributed by atoms with Crippen LogP contribution in [0.25, 0.3) is 0 Å². The molecule has 1 atom stereocenters. The van der Waals surface area contributed by atoms with Crippen molar-refractivity contribution < 1.29 is 9.90 Å². The highest BCUT2D eigenvalue weighted by molar-refractivity contribution is 5.94. The molecule has 0 aromatic heterocycles. The molecule has 2 nitrogen and oxygen atoms in total. The predicted octanol–water partition coefficient (Wildman–Crippen LogP) is 3.82. The largest absolute Gasteiger partial charge is 0.508 e. The third-order valence-electron chi connectivity index (χ3n) is 4.24. The van der Waals surface area contributed by atoms with E-state index in [2.05, 4.69) is 11.8 Å². The summed E-state index contributed by atoms with van der Waals surface area (Å²) in [4.78, 5) is 12.7. The lowest BCUT2D eigenvalue weighted by Gasteiger charge is -2.31. The maximum atomic E-state index is 12.7. The number of ketones is 1. The van der Waals surface area contributed by atoms with Gasteiger partial charge in [0.15, 0.2) is 5.78 Å². The van der Waals surface area contributed by atoms with Crippen molar-refractivity contribution in [3.05, 3.63) is 65.7 Å². The van der Waals surface area contributed by atoms with E-state index in [0.717, 1.165) is 30.4 Å². The average molecular weight is 290 g/mol. The molecule has 2 aromatic rings. The fourth-order valence-corrected chi connectivity index (χ4v) is 2.98. The van der Waals surface area contributed by atoms with Crippen LogP contribution in [-0.2, 0) is 10.2 Å². The van der Waals surface area contributed by atoms with E-state index in [1.54, 1.807) is 12.1 Å². The minimum Gasteiger partial charge on any atom is -0.508 e. The van der Waals surface area contributed by atoms with E-state index in [4.69, 9.17) is 0 Å². The number of carbonyl (C=O) groups excluding carboxylic acids is 1. The maximum Gasteiger partial charge on any atom is 0.155 e. The van der Waals surface area contributed by atoms with Crippen molar-refractivity contribution in [2.75, 3.05) is 0 Å². The fourth-order valence-electron chi connectivity index (χ4n) is 2.98. The Bertz CT molecular complexity index is 720. The topological polar surface area (TPSA) is 37.3 Å². The minimum absolute atomic E-state index is 0.188. The Morgan fingerprint density at radius 2 is 1.68 bits per heavy atom. The molecule has 0 amide bonds. The lowest BCUT2D eigenvalue weighted by atomic mass is 9.69. The van der Waals surface area contributed by atoms with Gasteiger partial charge in [0.1, 0.15) is 11.2 Å². The summed E-state index contributed by atoms with van der Waals surface area (Å²) in [5, 5.41) is 9.49. The van der Waals surface area contributed by atoms with Crippen molar-refractivity contribution >= 4 is 5.78 Å². The van der Waals surface area contributed by atoms with Crippen molar-refractivity contribution in [1.29, 1.82) is 0 Å². The van der Waals surface area contributed by atoms with Gasteiger partial charge < -0.3 is 5.11 Å². The van der Waals surface area contributed by atoms with Crippen LogP contribution >= 0.6 is 0 Å². The molecule has 1 saturated carbocycles. The van der Waals surface area contributed by atoms with Crippen LogP contribution in [0.15, 0.2) is 54.6 Å². The molecule has 0 unspecified atom stereocenters. The molecule has 0 heterocycles. The number of Topliss-reactive ketones (excluding diaryl/α,β-unsaturated/α-hetero) is 1. The number of phenols is 1. The Balaban J connectivity index is 2.06. The van der Waals surface area contributed by atoms with E-state index in [0.29, 0.717) is 6.42 Å². The number of phenolic OH excluding ortho intramolecular Hbond substituents is 1. The summed E-state index contributed by atoms with van der Waals surface area (Å²) in [6, 6.07) is 16.6. The van der Waals surface area contributed by atoms with Crippen molar-refractivity contribution in [3.8, 4) is 17.6 Å². The van der Waals surface area contributed by atoms with Crippen LogP contribution in [0.3, 0.4) is 0 Å². The molecule has 0 radical (unpaired) electrons. The molecule has 1 aliphatic carbocycles. The maximum absolute atomic E-state index is 12.7. The molecule has 1 fully saturated rings. The molecule has 2 heteroatoms. The van der Waals surface area contributed by atoms with Crippen LogP contribution in [0.5, 0.6) is 5.75 Å². The Labute approximate surface area is 130 Å². The molecule has 0 spiro atoms. The third-order valence-corrected chi connectivity index (χ3v) is 4.24. The van der Waals surface area contributed by atoms with E-state index in [9.17, 15) is 9.90 Å². The van der Waals surface area contributed by atoms with E-state index in [-0.39, 0.29) is 11.5 Å². The summed E-state index contributed by atoms with van der Waals surface area (Å²) in [5.41, 5.74) is 1.07. The van der Waals surface area contributed by atoms with Crippen molar-refractivity contribution in [2.24, 2.45) is 0 Å². The van der Waals surface area contributed by atoms with Crippen molar-refractivity contribution in [3.63, 3.8) is 0 Å². The summed E-state index contributed by atoms with van der Waals surface area (Å²) in [7, 11) is 0. The first-order chi connectivity index (χ1) is 10.7. The number of hydrogen-bond acceptors (Lipinski definition) is 2. The summed E-state index contributed by atoms with van der Waals surface area (Å²) >= 11 is 0. The molecule has 1 aliphatic rings. The number of carbonyl (C=O) groups is 1. The molecule has 3 rings (SSSR count). The second-order valence-electron chi connectivity index (χ2n) is 5.70. The van der Waals surface area contributed by atoms with Gasteiger partial charge in [-0.1, -0.05) is 48.6 Å². The summed E-state index contributed by atoms with van der Waals surface area (Å²) in [6.07, 6.45) is 3.25. The Kier molecular flexibility index (Phi) is 3.98. The van der Waals surface area contributed by atoms with Crippen LogP contribution in [0.1, 0.15) is 36.8 Å². The predicted molar refractivity (Wildman–Crippen MR) is 86.6 cm³/mol. The molecule has 110 valence electrons. The Morgan fingerprint density at radius 3 is 2.36 bits per heavy atom. The SMILES string of the molecule is O=C1CCCC[C@@]1(C#Cc1ccccc1)c1ccc(O)cc1. The number of aromatic hydroxyl groups is 1. The lowest BCUT2D eigenvalue weighted by Crippen LogP contribution is -2.37. The van der Waals surface area contributed by atoms with Crippen molar-refractivity contribution in [1.82, 2.24) is 0 Å². The first kappa shape index (κ1) is 14.4. The van der Waals surface area contributed by atoms with Gasteiger partial charge in [-0.3, -0.25) is 4.79 Å². The van der Waals surface area contributed by atoms with E-state index in [1.807, 2.05) is 42.5 Å². The minimum atomic E-state index is -0.734. The highest BCUT2D eigenvalue weighted by Gasteiger charge is 2.39. The number of benzene rings is 2. The van der Waals surface area contributed by atoms with Crippen LogP contribution in [0, 0.1) is 11.8 Å². The highest BCUT2D eigenvalue weighted by atomic mass is 16.3. The van der Waals surface area contributed by atoms with Gasteiger partial charge in [-0.15, -0.1) is 0 Å². The summed E-state index contributed by atoms with van der Waals surface area (Å²) in [6.45, 7) is 0. The van der Waals surface area contributed by atoms with Gasteiger partial charge in [-0.05, 0) is 42.7 Å². The zero-order chi connectivity index (χ0) is 15.4. The molecule has 0 aliphatic heterocycles. The van der Waals surface area contributed by atoms with Crippen LogP contribution in [0.4, 0.5) is 0 Å². The van der Waals surface area contributed by atoms with Crippen LogP contribution in [0.2, 0.25) is 0 Å². The summed E-state index contributed by atoms with van der Waals surface area (Å²) in [5.74, 6) is 6.82. The van der Waals surface area contributed by atoms with Gasteiger partial charge in [-0.25, -0.2) is 0 Å². The molecule has 22 heavy (non-hydrogen) atoms. The van der Waals surface area contributed by atoms with Gasteiger partial charge in [0, 0.05) is 12.0 Å². The van der Waals surface area contributed by atoms with E-state index in [1.165, 1.54) is 0 Å². The van der Waals surface area contributed by atoms with Gasteiger partial charge in [0.05, 0.1) is 0 Å². The van der Waals surface area contributed by atoms with Crippen LogP contribution in [-0.4, -0.2) is 10.9 Å². The van der Waals surface area contributed by atoms with Gasteiger partial charge in [0.25, 0.3) is 0 Å². The molecular weight excluding hydrogens is 272 g/mol. The van der Waals surface area contributed by atoms with Gasteiger partial charge >= 0.3 is 0 Å². The highest BCUT2D eigenvalue weighted by Crippen LogP contribution is 2.37. The van der Waals surface area contributed by atoms with Crippen LogP contribution < -0.4 is 0 Å². The average Bonchev–Trinajstić information content (AvgIpc) is 2.56. The molecule has 0 saturated heterocycles. The smallest absolute Gasteiger partial charge is 0.155 e. The normalized spacial score (nSPS) is 21.0. The first-order valence-electron chi connectivity index (χ1n) is 7.62. The molecule has 1 N–H and O–H groups in total. The first-order valence-corrected chi connectivity index (χ1v) is 7.62. The second-order valence-corrected chi connectivity index (χ2v) is 5.70. The number of rotatable bonds is 1. The second kappa shape index (κ2) is 6.07. The van der Waals surface area contributed by atoms with Gasteiger partial charge in [0.2, 0.25) is 0 Å².